The normalized spacial score (nSPS) is 9.45. The minimum atomic E-state index is -0.116. The second kappa shape index (κ2) is 7.10. The van der Waals surface area contributed by atoms with E-state index in [1.807, 2.05) is 73.7 Å². The van der Waals surface area contributed by atoms with Crippen molar-refractivity contribution in [2.75, 3.05) is 5.32 Å². The van der Waals surface area contributed by atoms with Gasteiger partial charge in [-0.25, -0.2) is 0 Å². The average molecular weight is 263 g/mol. The first-order chi connectivity index (χ1) is 9.75. The number of amides is 1. The van der Waals surface area contributed by atoms with E-state index in [-0.39, 0.29) is 5.91 Å². The molecule has 0 fully saturated rings. The Labute approximate surface area is 119 Å². The number of hydrogen-bond acceptors (Lipinski definition) is 1. The van der Waals surface area contributed by atoms with Gasteiger partial charge in [-0.1, -0.05) is 54.6 Å². The molecule has 0 unspecified atom stereocenters. The summed E-state index contributed by atoms with van der Waals surface area (Å²) in [7, 11) is 0. The first kappa shape index (κ1) is 13.8. The van der Waals surface area contributed by atoms with Crippen molar-refractivity contribution in [1.29, 1.82) is 0 Å². The van der Waals surface area contributed by atoms with Gasteiger partial charge in [-0.2, -0.15) is 0 Å². The molecule has 2 aromatic carbocycles. The molecule has 0 bridgehead atoms. The van der Waals surface area contributed by atoms with Crippen LogP contribution in [0.15, 0.2) is 78.9 Å². The van der Waals surface area contributed by atoms with E-state index in [4.69, 9.17) is 0 Å². The molecule has 0 aromatic heterocycles. The predicted molar refractivity (Wildman–Crippen MR) is 83.2 cm³/mol. The zero-order chi connectivity index (χ0) is 14.2. The van der Waals surface area contributed by atoms with Gasteiger partial charge in [0.15, 0.2) is 0 Å². The highest BCUT2D eigenvalue weighted by Gasteiger charge is 2.03. The molecule has 0 saturated carbocycles. The average Bonchev–Trinajstić information content (AvgIpc) is 2.44. The van der Waals surface area contributed by atoms with Gasteiger partial charge in [-0.3, -0.25) is 4.79 Å². The van der Waals surface area contributed by atoms with Crippen molar-refractivity contribution in [3.05, 3.63) is 90.0 Å². The maximum Gasteiger partial charge on any atom is 0.255 e. The first-order valence-electron chi connectivity index (χ1n) is 6.52. The summed E-state index contributed by atoms with van der Waals surface area (Å²) in [5, 5.41) is 2.90. The fourth-order valence-electron chi connectivity index (χ4n) is 1.77. The summed E-state index contributed by atoms with van der Waals surface area (Å²) in [4.78, 5) is 12.2. The molecule has 0 spiro atoms. The molecule has 0 aliphatic rings. The Morgan fingerprint density at radius 3 is 2.00 bits per heavy atom. The van der Waals surface area contributed by atoms with Crippen molar-refractivity contribution in [3.8, 4) is 0 Å². The minimum absolute atomic E-state index is 0.116. The number of benzene rings is 1. The fraction of sp³-hybridized carbons (Fsp3) is 0.0556. The van der Waals surface area contributed by atoms with E-state index in [0.717, 1.165) is 11.3 Å². The van der Waals surface area contributed by atoms with Gasteiger partial charge in [0.25, 0.3) is 5.91 Å². The summed E-state index contributed by atoms with van der Waals surface area (Å²) >= 11 is 0. The maximum absolute atomic E-state index is 12.2. The number of rotatable bonds is 2. The molecular weight excluding hydrogens is 246 g/mol. The summed E-state index contributed by atoms with van der Waals surface area (Å²) in [6, 6.07) is 24.6. The minimum Gasteiger partial charge on any atom is -0.322 e. The molecule has 1 amide bonds. The quantitative estimate of drug-likeness (QED) is 0.856. The Morgan fingerprint density at radius 2 is 1.40 bits per heavy atom. The largest absolute Gasteiger partial charge is 0.322 e. The van der Waals surface area contributed by atoms with Gasteiger partial charge in [-0.05, 0) is 36.8 Å². The standard InChI is InChI=1S/C18H17NO/c1-15-10-9-13-17(14-15)19-18(20)16-11-7-5-3-2-4-6-8-12-16/h2-14H,1H3,(H,19,20). The smallest absolute Gasteiger partial charge is 0.255 e. The third-order valence-electron chi connectivity index (χ3n) is 2.76. The molecule has 0 saturated heterocycles. The summed E-state index contributed by atoms with van der Waals surface area (Å²) in [5.74, 6) is -0.116. The van der Waals surface area contributed by atoms with Gasteiger partial charge in [-0.15, -0.1) is 0 Å². The van der Waals surface area contributed by atoms with E-state index in [2.05, 4.69) is 5.32 Å². The molecule has 2 nitrogen and oxygen atoms in total. The van der Waals surface area contributed by atoms with E-state index in [9.17, 15) is 4.79 Å². The molecular formula is C18H17NO. The fourth-order valence-corrected chi connectivity index (χ4v) is 1.77. The Morgan fingerprint density at radius 1 is 0.800 bits per heavy atom. The lowest BCUT2D eigenvalue weighted by atomic mass is 10.2. The molecule has 2 heteroatoms. The van der Waals surface area contributed by atoms with Crippen LogP contribution in [0.25, 0.3) is 0 Å². The van der Waals surface area contributed by atoms with Crippen molar-refractivity contribution in [1.82, 2.24) is 0 Å². The Hall–Kier alpha value is -2.61. The van der Waals surface area contributed by atoms with Gasteiger partial charge < -0.3 is 5.32 Å². The van der Waals surface area contributed by atoms with Crippen LogP contribution < -0.4 is 5.32 Å². The number of anilines is 1. The zero-order valence-corrected chi connectivity index (χ0v) is 11.4. The number of carbonyl (C=O) groups is 1. The Kier molecular flexibility index (Phi) is 4.90. The highest BCUT2D eigenvalue weighted by molar-refractivity contribution is 6.04. The third-order valence-corrected chi connectivity index (χ3v) is 2.76. The summed E-state index contributed by atoms with van der Waals surface area (Å²) in [6.45, 7) is 2.00. The van der Waals surface area contributed by atoms with E-state index in [1.165, 1.54) is 0 Å². The van der Waals surface area contributed by atoms with Crippen LogP contribution in [0.2, 0.25) is 0 Å². The van der Waals surface area contributed by atoms with Crippen molar-refractivity contribution in [2.45, 2.75) is 6.92 Å². The van der Waals surface area contributed by atoms with Crippen LogP contribution in [0, 0.1) is 6.92 Å². The van der Waals surface area contributed by atoms with Crippen molar-refractivity contribution >= 4 is 11.6 Å². The van der Waals surface area contributed by atoms with Gasteiger partial charge in [0.05, 0.1) is 0 Å². The first-order valence-corrected chi connectivity index (χ1v) is 6.52. The van der Waals surface area contributed by atoms with Gasteiger partial charge in [0.2, 0.25) is 0 Å². The number of aryl methyl sites for hydroxylation is 1. The Balaban J connectivity index is 2.25. The highest BCUT2D eigenvalue weighted by Crippen LogP contribution is 2.11. The molecule has 20 heavy (non-hydrogen) atoms. The second-order valence-electron chi connectivity index (χ2n) is 4.46. The molecule has 0 heterocycles. The molecule has 2 rings (SSSR count). The molecule has 0 atom stereocenters. The predicted octanol–water partition coefficient (Wildman–Crippen LogP) is 4.37. The van der Waals surface area contributed by atoms with E-state index < -0.39 is 0 Å². The van der Waals surface area contributed by atoms with Crippen LogP contribution in [0.1, 0.15) is 15.9 Å². The number of carbonyl (C=O) groups excluding carboxylic acids is 1. The van der Waals surface area contributed by atoms with Crippen LogP contribution >= 0.6 is 0 Å². The van der Waals surface area contributed by atoms with Crippen LogP contribution in [0.4, 0.5) is 5.69 Å². The second-order valence-corrected chi connectivity index (χ2v) is 4.46. The number of nitrogens with one attached hydrogen (secondary N) is 1. The number of hydrogen-bond donors (Lipinski definition) is 1. The molecule has 2 aromatic rings. The van der Waals surface area contributed by atoms with E-state index >= 15 is 0 Å². The topological polar surface area (TPSA) is 29.1 Å². The van der Waals surface area contributed by atoms with Gasteiger partial charge in [0.1, 0.15) is 0 Å². The van der Waals surface area contributed by atoms with Crippen molar-refractivity contribution in [2.24, 2.45) is 0 Å². The summed E-state index contributed by atoms with van der Waals surface area (Å²) in [6.07, 6.45) is 0. The molecule has 0 radical (unpaired) electrons. The van der Waals surface area contributed by atoms with Crippen molar-refractivity contribution < 1.29 is 4.79 Å². The van der Waals surface area contributed by atoms with Crippen LogP contribution in [-0.4, -0.2) is 5.91 Å². The van der Waals surface area contributed by atoms with Crippen LogP contribution in [-0.2, 0) is 0 Å². The summed E-state index contributed by atoms with van der Waals surface area (Å²) in [5.41, 5.74) is 2.54. The molecule has 1 N–H and O–H groups in total. The third kappa shape index (κ3) is 4.25. The monoisotopic (exact) mass is 263 g/mol. The van der Waals surface area contributed by atoms with E-state index in [1.54, 1.807) is 12.1 Å². The highest BCUT2D eigenvalue weighted by atomic mass is 16.1. The van der Waals surface area contributed by atoms with Crippen LogP contribution in [0.3, 0.4) is 0 Å². The maximum atomic E-state index is 12.2. The van der Waals surface area contributed by atoms with Gasteiger partial charge in [0, 0.05) is 11.3 Å². The molecule has 0 aliphatic heterocycles. The van der Waals surface area contributed by atoms with E-state index in [0.29, 0.717) is 5.56 Å². The SMILES string of the molecule is Cc1cccc(NC(=O)c2ccccccccc2)c1. The Bertz CT molecular complexity index is 623. The molecule has 100 valence electrons. The molecule has 0 aliphatic carbocycles. The lowest BCUT2D eigenvalue weighted by molar-refractivity contribution is 0.102. The lowest BCUT2D eigenvalue weighted by Gasteiger charge is -2.05. The van der Waals surface area contributed by atoms with Crippen molar-refractivity contribution in [3.63, 3.8) is 0 Å². The van der Waals surface area contributed by atoms with Crippen LogP contribution in [0.5, 0.6) is 0 Å². The van der Waals surface area contributed by atoms with Gasteiger partial charge >= 0.3 is 0 Å². The lowest BCUT2D eigenvalue weighted by Crippen LogP contribution is -2.11. The zero-order valence-electron chi connectivity index (χ0n) is 11.4. The summed E-state index contributed by atoms with van der Waals surface area (Å²) < 4.78 is 0.